The van der Waals surface area contributed by atoms with E-state index in [0.29, 0.717) is 17.8 Å². The second-order valence-corrected chi connectivity index (χ2v) is 7.53. The fourth-order valence-corrected chi connectivity index (χ4v) is 4.13. The molecular formula is C21H19N3O3S. The van der Waals surface area contributed by atoms with Crippen molar-refractivity contribution >= 4 is 18.0 Å². The van der Waals surface area contributed by atoms with Gasteiger partial charge in [0, 0.05) is 17.7 Å². The van der Waals surface area contributed by atoms with Crippen molar-refractivity contribution in [2.24, 2.45) is 0 Å². The van der Waals surface area contributed by atoms with Crippen LogP contribution in [0.4, 0.5) is 0 Å². The molecule has 2 aromatic carbocycles. The molecule has 0 unspecified atom stereocenters. The van der Waals surface area contributed by atoms with Crippen molar-refractivity contribution in [3.8, 4) is 17.1 Å². The highest BCUT2D eigenvalue weighted by atomic mass is 32.1. The highest BCUT2D eigenvalue weighted by Crippen LogP contribution is 2.34. The van der Waals surface area contributed by atoms with Crippen LogP contribution in [0.3, 0.4) is 0 Å². The summed E-state index contributed by atoms with van der Waals surface area (Å²) < 4.78 is 15.4. The number of carbonyl (C=O) groups excluding carboxylic acids is 1. The normalized spacial score (nSPS) is 23.9. The SMILES string of the molecule is Cc1ccc(-c2nn([C@@H]3CC(=O)[C@H]4OC[C@@H]3O4)c(=S)n2-c2ccccc2)cc1. The van der Waals surface area contributed by atoms with Crippen molar-refractivity contribution in [3.05, 3.63) is 64.9 Å². The number of ether oxygens (including phenoxy) is 2. The van der Waals surface area contributed by atoms with Gasteiger partial charge in [0.2, 0.25) is 11.1 Å². The van der Waals surface area contributed by atoms with Crippen molar-refractivity contribution in [2.45, 2.75) is 31.8 Å². The first-order chi connectivity index (χ1) is 13.6. The number of carbonyl (C=O) groups is 1. The summed E-state index contributed by atoms with van der Waals surface area (Å²) in [5.74, 6) is 0.677. The predicted octanol–water partition coefficient (Wildman–Crippen LogP) is 3.63. The maximum absolute atomic E-state index is 12.3. The smallest absolute Gasteiger partial charge is 0.218 e. The molecule has 0 spiro atoms. The van der Waals surface area contributed by atoms with Crippen molar-refractivity contribution in [3.63, 3.8) is 0 Å². The zero-order chi connectivity index (χ0) is 19.3. The van der Waals surface area contributed by atoms with Crippen LogP contribution in [0.1, 0.15) is 18.0 Å². The summed E-state index contributed by atoms with van der Waals surface area (Å²) in [6.07, 6.45) is -0.648. The van der Waals surface area contributed by atoms with Crippen molar-refractivity contribution in [2.75, 3.05) is 6.61 Å². The number of aryl methyl sites for hydroxylation is 1. The van der Waals surface area contributed by atoms with E-state index >= 15 is 0 Å². The lowest BCUT2D eigenvalue weighted by molar-refractivity contribution is -0.156. The first-order valence-corrected chi connectivity index (χ1v) is 9.66. The average molecular weight is 393 g/mol. The molecule has 1 aromatic heterocycles. The van der Waals surface area contributed by atoms with Crippen LogP contribution < -0.4 is 0 Å². The topological polar surface area (TPSA) is 58.3 Å². The molecule has 6 nitrogen and oxygen atoms in total. The van der Waals surface area contributed by atoms with Crippen LogP contribution in [-0.4, -0.2) is 39.1 Å². The number of benzene rings is 2. The Hall–Kier alpha value is -2.61. The average Bonchev–Trinajstić information content (AvgIpc) is 3.29. The van der Waals surface area contributed by atoms with E-state index in [-0.39, 0.29) is 17.9 Å². The summed E-state index contributed by atoms with van der Waals surface area (Å²) in [7, 11) is 0. The van der Waals surface area contributed by atoms with E-state index in [2.05, 4.69) is 12.1 Å². The van der Waals surface area contributed by atoms with Gasteiger partial charge in [0.15, 0.2) is 11.6 Å². The maximum atomic E-state index is 12.3. The summed E-state index contributed by atoms with van der Waals surface area (Å²) in [6.45, 7) is 2.43. The number of para-hydroxylation sites is 1. The van der Waals surface area contributed by atoms with E-state index < -0.39 is 6.29 Å². The lowest BCUT2D eigenvalue weighted by Crippen LogP contribution is -2.37. The van der Waals surface area contributed by atoms with Gasteiger partial charge in [-0.25, -0.2) is 4.68 Å². The molecule has 0 radical (unpaired) electrons. The molecule has 0 saturated carbocycles. The molecule has 0 amide bonds. The first-order valence-electron chi connectivity index (χ1n) is 9.25. The highest BCUT2D eigenvalue weighted by Gasteiger charge is 2.45. The molecule has 3 aromatic rings. The van der Waals surface area contributed by atoms with Crippen molar-refractivity contribution in [1.82, 2.24) is 14.3 Å². The second-order valence-electron chi connectivity index (χ2n) is 7.17. The van der Waals surface area contributed by atoms with Crippen LogP contribution >= 0.6 is 12.2 Å². The minimum atomic E-state index is -0.733. The fraction of sp³-hybridized carbons (Fsp3) is 0.286. The van der Waals surface area contributed by atoms with Crippen LogP contribution in [-0.2, 0) is 14.3 Å². The molecule has 5 rings (SSSR count). The molecule has 3 atom stereocenters. The first kappa shape index (κ1) is 17.5. The van der Waals surface area contributed by atoms with Crippen molar-refractivity contribution in [1.29, 1.82) is 0 Å². The standard InChI is InChI=1S/C21H19N3O3S/c1-13-7-9-14(10-8-13)19-22-24(16-11-17(25)20-26-12-18(16)27-20)21(28)23(19)15-5-3-2-4-6-15/h2-10,16,18,20H,11-12H2,1H3/t16-,18+,20+/m1/s1. The van der Waals surface area contributed by atoms with E-state index in [1.54, 1.807) is 4.68 Å². The van der Waals surface area contributed by atoms with Gasteiger partial charge in [-0.1, -0.05) is 48.0 Å². The minimum Gasteiger partial charge on any atom is -0.343 e. The minimum absolute atomic E-state index is 0.0632. The van der Waals surface area contributed by atoms with Gasteiger partial charge >= 0.3 is 0 Å². The van der Waals surface area contributed by atoms with Gasteiger partial charge in [-0.15, -0.1) is 0 Å². The molecule has 2 aliphatic heterocycles. The molecule has 0 N–H and O–H groups in total. The number of hydrogen-bond donors (Lipinski definition) is 0. The molecule has 7 heteroatoms. The lowest BCUT2D eigenvalue weighted by Gasteiger charge is -2.26. The van der Waals surface area contributed by atoms with Gasteiger partial charge < -0.3 is 9.47 Å². The Labute approximate surface area is 167 Å². The number of Topliss-reactive ketones (excluding diaryl/α,β-unsaturated/α-hetero) is 1. The van der Waals surface area contributed by atoms with Gasteiger partial charge in [0.05, 0.1) is 12.6 Å². The molecule has 3 heterocycles. The Morgan fingerprint density at radius 1 is 1.11 bits per heavy atom. The van der Waals surface area contributed by atoms with E-state index in [9.17, 15) is 4.79 Å². The van der Waals surface area contributed by atoms with Gasteiger partial charge in [-0.2, -0.15) is 5.10 Å². The van der Waals surface area contributed by atoms with E-state index in [1.165, 1.54) is 5.56 Å². The predicted molar refractivity (Wildman–Crippen MR) is 106 cm³/mol. The molecule has 2 fully saturated rings. The number of hydrogen-bond acceptors (Lipinski definition) is 5. The Morgan fingerprint density at radius 2 is 1.86 bits per heavy atom. The van der Waals surface area contributed by atoms with E-state index in [1.807, 2.05) is 54.0 Å². The van der Waals surface area contributed by atoms with Crippen LogP contribution in [0.15, 0.2) is 54.6 Å². The number of nitrogens with zero attached hydrogens (tertiary/aromatic N) is 3. The van der Waals surface area contributed by atoms with Crippen molar-refractivity contribution < 1.29 is 14.3 Å². The van der Waals surface area contributed by atoms with Gasteiger partial charge in [0.25, 0.3) is 0 Å². The molecule has 28 heavy (non-hydrogen) atoms. The van der Waals surface area contributed by atoms with Gasteiger partial charge in [-0.3, -0.25) is 9.36 Å². The van der Waals surface area contributed by atoms with E-state index in [4.69, 9.17) is 26.8 Å². The zero-order valence-corrected chi connectivity index (χ0v) is 16.1. The molecular weight excluding hydrogens is 374 g/mol. The molecule has 2 saturated heterocycles. The number of aromatic nitrogens is 3. The molecule has 142 valence electrons. The third-order valence-corrected chi connectivity index (χ3v) is 5.62. The largest absolute Gasteiger partial charge is 0.343 e. The molecule has 2 aliphatic rings. The Bertz CT molecular complexity index is 1090. The summed E-state index contributed by atoms with van der Waals surface area (Å²) in [5, 5.41) is 4.85. The summed E-state index contributed by atoms with van der Waals surface area (Å²) >= 11 is 5.81. The van der Waals surface area contributed by atoms with Crippen LogP contribution in [0.5, 0.6) is 0 Å². The fourth-order valence-electron chi connectivity index (χ4n) is 3.77. The number of fused-ring (bicyclic) bond motifs is 2. The van der Waals surface area contributed by atoms with Crippen LogP contribution in [0.2, 0.25) is 0 Å². The molecule has 2 bridgehead atoms. The third-order valence-electron chi connectivity index (χ3n) is 5.25. The third kappa shape index (κ3) is 2.83. The second kappa shape index (κ2) is 6.77. The van der Waals surface area contributed by atoms with Crippen LogP contribution in [0.25, 0.3) is 17.1 Å². The quantitative estimate of drug-likeness (QED) is 0.636. The van der Waals surface area contributed by atoms with Gasteiger partial charge in [-0.05, 0) is 31.3 Å². The lowest BCUT2D eigenvalue weighted by atomic mass is 10.0. The highest BCUT2D eigenvalue weighted by molar-refractivity contribution is 7.71. The number of ketones is 1. The number of rotatable bonds is 3. The summed E-state index contributed by atoms with van der Waals surface area (Å²) in [4.78, 5) is 12.3. The Kier molecular flexibility index (Phi) is 4.23. The summed E-state index contributed by atoms with van der Waals surface area (Å²) in [6, 6.07) is 17.8. The molecule has 0 aliphatic carbocycles. The monoisotopic (exact) mass is 393 g/mol. The van der Waals surface area contributed by atoms with Gasteiger partial charge in [0.1, 0.15) is 6.10 Å². The summed E-state index contributed by atoms with van der Waals surface area (Å²) in [5.41, 5.74) is 3.06. The zero-order valence-electron chi connectivity index (χ0n) is 15.3. The Morgan fingerprint density at radius 3 is 2.61 bits per heavy atom. The maximum Gasteiger partial charge on any atom is 0.218 e. The Balaban J connectivity index is 1.68. The van der Waals surface area contributed by atoms with E-state index in [0.717, 1.165) is 17.1 Å². The van der Waals surface area contributed by atoms with Crippen LogP contribution in [0, 0.1) is 11.7 Å².